The number of carbonyl (C=O) groups excluding carboxylic acids is 2. The number of hydrogen-bond acceptors (Lipinski definition) is 3. The van der Waals surface area contributed by atoms with E-state index in [1.807, 2.05) is 60.7 Å². The predicted molar refractivity (Wildman–Crippen MR) is 96.6 cm³/mol. The highest BCUT2D eigenvalue weighted by atomic mass is 16.5. The van der Waals surface area contributed by atoms with E-state index in [4.69, 9.17) is 4.74 Å². The van der Waals surface area contributed by atoms with Crippen LogP contribution in [0.4, 0.5) is 0 Å². The molecule has 25 heavy (non-hydrogen) atoms. The number of benzene rings is 2. The number of likely N-dealkylation sites (tertiary alicyclic amines) is 1. The lowest BCUT2D eigenvalue weighted by Crippen LogP contribution is -2.34. The molecule has 4 heteroatoms. The van der Waals surface area contributed by atoms with Crippen LogP contribution in [0.2, 0.25) is 0 Å². The van der Waals surface area contributed by atoms with E-state index in [1.54, 1.807) is 11.0 Å². The van der Waals surface area contributed by atoms with Gasteiger partial charge in [-0.1, -0.05) is 60.7 Å². The van der Waals surface area contributed by atoms with Crippen LogP contribution >= 0.6 is 0 Å². The fraction of sp³-hybridized carbons (Fsp3) is 0.238. The monoisotopic (exact) mass is 335 g/mol. The lowest BCUT2D eigenvalue weighted by molar-refractivity contribution is -0.156. The van der Waals surface area contributed by atoms with Crippen LogP contribution < -0.4 is 0 Å². The second kappa shape index (κ2) is 8.29. The summed E-state index contributed by atoms with van der Waals surface area (Å²) >= 11 is 0. The number of esters is 1. The van der Waals surface area contributed by atoms with E-state index in [9.17, 15) is 9.59 Å². The van der Waals surface area contributed by atoms with E-state index < -0.39 is 12.1 Å². The summed E-state index contributed by atoms with van der Waals surface area (Å²) in [5.41, 5.74) is 1.60. The zero-order chi connectivity index (χ0) is 17.5. The molecule has 2 aromatic carbocycles. The lowest BCUT2D eigenvalue weighted by Gasteiger charge is -2.23. The molecule has 0 N–H and O–H groups in total. The number of rotatable bonds is 5. The van der Waals surface area contributed by atoms with Crippen molar-refractivity contribution in [2.75, 3.05) is 13.1 Å². The summed E-state index contributed by atoms with van der Waals surface area (Å²) < 4.78 is 5.52. The van der Waals surface area contributed by atoms with Crippen LogP contribution in [-0.4, -0.2) is 29.9 Å². The maximum Gasteiger partial charge on any atom is 0.331 e. The predicted octanol–water partition coefficient (Wildman–Crippen LogP) is 3.61. The molecule has 0 aromatic heterocycles. The van der Waals surface area contributed by atoms with Crippen molar-refractivity contribution in [3.8, 4) is 0 Å². The molecule has 0 aliphatic carbocycles. The number of carbonyl (C=O) groups is 2. The van der Waals surface area contributed by atoms with Gasteiger partial charge in [-0.2, -0.15) is 0 Å². The molecule has 4 nitrogen and oxygen atoms in total. The van der Waals surface area contributed by atoms with Crippen molar-refractivity contribution in [1.29, 1.82) is 0 Å². The van der Waals surface area contributed by atoms with E-state index in [0.717, 1.165) is 31.5 Å². The highest BCUT2D eigenvalue weighted by molar-refractivity contribution is 5.91. The van der Waals surface area contributed by atoms with Gasteiger partial charge in [0.25, 0.3) is 5.91 Å². The molecule has 1 aliphatic rings. The normalized spacial score (nSPS) is 15.3. The van der Waals surface area contributed by atoms with Crippen LogP contribution in [-0.2, 0) is 14.3 Å². The molecular formula is C21H21NO3. The van der Waals surface area contributed by atoms with Gasteiger partial charge in [-0.15, -0.1) is 0 Å². The Morgan fingerprint density at radius 3 is 2.16 bits per heavy atom. The van der Waals surface area contributed by atoms with E-state index in [-0.39, 0.29) is 5.91 Å². The van der Waals surface area contributed by atoms with Crippen LogP contribution in [0.3, 0.4) is 0 Å². The summed E-state index contributed by atoms with van der Waals surface area (Å²) in [5, 5.41) is 0. The Kier molecular flexibility index (Phi) is 5.62. The molecule has 1 amide bonds. The zero-order valence-corrected chi connectivity index (χ0v) is 14.0. The Balaban J connectivity index is 1.74. The molecule has 0 saturated carbocycles. The fourth-order valence-corrected chi connectivity index (χ4v) is 2.88. The first-order valence-electron chi connectivity index (χ1n) is 8.51. The van der Waals surface area contributed by atoms with Gasteiger partial charge in [0.05, 0.1) is 0 Å². The van der Waals surface area contributed by atoms with E-state index in [1.165, 1.54) is 6.08 Å². The van der Waals surface area contributed by atoms with Gasteiger partial charge in [-0.05, 0) is 24.5 Å². The number of ether oxygens (including phenoxy) is 1. The Bertz CT molecular complexity index is 734. The maximum absolute atomic E-state index is 12.8. The van der Waals surface area contributed by atoms with Crippen LogP contribution in [0.5, 0.6) is 0 Å². The summed E-state index contributed by atoms with van der Waals surface area (Å²) in [4.78, 5) is 26.8. The first kappa shape index (κ1) is 17.0. The van der Waals surface area contributed by atoms with Gasteiger partial charge in [-0.25, -0.2) is 4.79 Å². The molecule has 0 bridgehead atoms. The first-order valence-corrected chi connectivity index (χ1v) is 8.51. The topological polar surface area (TPSA) is 46.6 Å². The van der Waals surface area contributed by atoms with E-state index in [2.05, 4.69) is 0 Å². The highest BCUT2D eigenvalue weighted by Gasteiger charge is 2.30. The smallest absolute Gasteiger partial charge is 0.331 e. The van der Waals surface area contributed by atoms with Gasteiger partial charge in [0.1, 0.15) is 0 Å². The number of hydrogen-bond donors (Lipinski definition) is 0. The van der Waals surface area contributed by atoms with Crippen LogP contribution in [0, 0.1) is 0 Å². The van der Waals surface area contributed by atoms with Gasteiger partial charge in [0.15, 0.2) is 0 Å². The molecule has 128 valence electrons. The molecule has 0 spiro atoms. The van der Waals surface area contributed by atoms with Crippen LogP contribution in [0.25, 0.3) is 6.08 Å². The summed E-state index contributed by atoms with van der Waals surface area (Å²) in [6, 6.07) is 18.7. The van der Waals surface area contributed by atoms with Crippen molar-refractivity contribution in [3.05, 3.63) is 77.9 Å². The summed E-state index contributed by atoms with van der Waals surface area (Å²) in [6.07, 6.45) is 4.14. The molecule has 1 atom stereocenters. The van der Waals surface area contributed by atoms with Gasteiger partial charge in [0, 0.05) is 24.7 Å². The molecule has 1 saturated heterocycles. The van der Waals surface area contributed by atoms with Gasteiger partial charge in [-0.3, -0.25) is 4.79 Å². The highest BCUT2D eigenvalue weighted by Crippen LogP contribution is 2.23. The Morgan fingerprint density at radius 1 is 0.920 bits per heavy atom. The quantitative estimate of drug-likeness (QED) is 0.619. The Morgan fingerprint density at radius 2 is 1.52 bits per heavy atom. The largest absolute Gasteiger partial charge is 0.444 e. The molecule has 2 aromatic rings. The van der Waals surface area contributed by atoms with Gasteiger partial charge in [0.2, 0.25) is 6.10 Å². The number of amides is 1. The zero-order valence-electron chi connectivity index (χ0n) is 14.0. The minimum absolute atomic E-state index is 0.148. The molecular weight excluding hydrogens is 314 g/mol. The summed E-state index contributed by atoms with van der Waals surface area (Å²) in [7, 11) is 0. The van der Waals surface area contributed by atoms with E-state index in [0.29, 0.717) is 5.56 Å². The van der Waals surface area contributed by atoms with Crippen molar-refractivity contribution in [3.63, 3.8) is 0 Å². The summed E-state index contributed by atoms with van der Waals surface area (Å²) in [6.45, 7) is 1.44. The van der Waals surface area contributed by atoms with Crippen molar-refractivity contribution in [1.82, 2.24) is 4.90 Å². The number of nitrogens with zero attached hydrogens (tertiary/aromatic N) is 1. The molecule has 1 heterocycles. The molecule has 1 fully saturated rings. The van der Waals surface area contributed by atoms with Gasteiger partial charge >= 0.3 is 5.97 Å². The first-order chi connectivity index (χ1) is 12.2. The molecule has 3 rings (SSSR count). The van der Waals surface area contributed by atoms with Crippen molar-refractivity contribution in [2.45, 2.75) is 18.9 Å². The Hall–Kier alpha value is -2.88. The maximum atomic E-state index is 12.8. The minimum atomic E-state index is -0.896. The van der Waals surface area contributed by atoms with Crippen molar-refractivity contribution < 1.29 is 14.3 Å². The molecule has 1 aliphatic heterocycles. The molecule has 0 unspecified atom stereocenters. The fourth-order valence-electron chi connectivity index (χ4n) is 2.88. The van der Waals surface area contributed by atoms with Gasteiger partial charge < -0.3 is 9.64 Å². The second-order valence-electron chi connectivity index (χ2n) is 6.00. The SMILES string of the molecule is O=C(/C=C/c1ccccc1)O[C@H](C(=O)N1CCCC1)c1ccccc1. The standard InChI is InChI=1S/C21H21NO3/c23-19(14-13-17-9-3-1-4-10-17)25-20(18-11-5-2-6-12-18)21(24)22-15-7-8-16-22/h1-6,9-14,20H,7-8,15-16H2/b14-13+/t20-/m0/s1. The molecule has 0 radical (unpaired) electrons. The average molecular weight is 335 g/mol. The Labute approximate surface area is 147 Å². The van der Waals surface area contributed by atoms with Crippen molar-refractivity contribution in [2.24, 2.45) is 0 Å². The van der Waals surface area contributed by atoms with Crippen molar-refractivity contribution >= 4 is 18.0 Å². The van der Waals surface area contributed by atoms with E-state index >= 15 is 0 Å². The third-order valence-electron chi connectivity index (χ3n) is 4.19. The minimum Gasteiger partial charge on any atom is -0.444 e. The third-order valence-corrected chi connectivity index (χ3v) is 4.19. The van der Waals surface area contributed by atoms with Crippen LogP contribution in [0.15, 0.2) is 66.7 Å². The third kappa shape index (κ3) is 4.57. The lowest BCUT2D eigenvalue weighted by atomic mass is 10.1. The second-order valence-corrected chi connectivity index (χ2v) is 6.00. The summed E-state index contributed by atoms with van der Waals surface area (Å²) in [5.74, 6) is -0.671. The average Bonchev–Trinajstić information content (AvgIpc) is 3.20. The van der Waals surface area contributed by atoms with Crippen LogP contribution in [0.1, 0.15) is 30.1 Å².